The van der Waals surface area contributed by atoms with Gasteiger partial charge < -0.3 is 10.6 Å². The Kier molecular flexibility index (Phi) is 5.26. The van der Waals surface area contributed by atoms with E-state index in [2.05, 4.69) is 55.7 Å². The van der Waals surface area contributed by atoms with Gasteiger partial charge in [-0.05, 0) is 38.0 Å². The molecule has 2 nitrogen and oxygen atoms in total. The summed E-state index contributed by atoms with van der Waals surface area (Å²) in [6.45, 7) is 7.26. The highest BCUT2D eigenvalue weighted by Crippen LogP contribution is 2.12. The lowest BCUT2D eigenvalue weighted by atomic mass is 10.1. The van der Waals surface area contributed by atoms with Crippen molar-refractivity contribution in [2.75, 3.05) is 6.54 Å². The Hall–Kier alpha value is -1.09. The molecule has 88 valence electrons. The van der Waals surface area contributed by atoms with Crippen molar-refractivity contribution < 1.29 is 0 Å². The van der Waals surface area contributed by atoms with Crippen LogP contribution in [0.1, 0.15) is 37.4 Å². The van der Waals surface area contributed by atoms with Gasteiger partial charge in [-0.3, -0.25) is 0 Å². The predicted octanol–water partition coefficient (Wildman–Crippen LogP) is 2.93. The molecule has 0 aliphatic carbocycles. The second-order valence-corrected chi connectivity index (χ2v) is 4.44. The first-order chi connectivity index (χ1) is 7.63. The van der Waals surface area contributed by atoms with Crippen molar-refractivity contribution in [1.29, 1.82) is 0 Å². The van der Waals surface area contributed by atoms with Gasteiger partial charge in [-0.2, -0.15) is 0 Å². The number of benzene rings is 1. The maximum Gasteiger partial charge on any atom is 0.166 e. The number of aryl methyl sites for hydroxylation is 1. The molecule has 0 fully saturated rings. The number of hydrogen-bond donors (Lipinski definition) is 2. The number of rotatable bonds is 4. The molecule has 0 saturated carbocycles. The van der Waals surface area contributed by atoms with E-state index < -0.39 is 0 Å². The van der Waals surface area contributed by atoms with Crippen molar-refractivity contribution in [1.82, 2.24) is 10.6 Å². The molecule has 1 unspecified atom stereocenters. The van der Waals surface area contributed by atoms with Gasteiger partial charge in [0.15, 0.2) is 5.11 Å². The molecular formula is C13H20N2S. The Morgan fingerprint density at radius 1 is 1.31 bits per heavy atom. The van der Waals surface area contributed by atoms with Crippen LogP contribution in [0.2, 0.25) is 0 Å². The molecule has 0 saturated heterocycles. The van der Waals surface area contributed by atoms with E-state index in [0.717, 1.165) is 18.1 Å². The van der Waals surface area contributed by atoms with Crippen LogP contribution in [0.15, 0.2) is 24.3 Å². The van der Waals surface area contributed by atoms with Crippen molar-refractivity contribution in [2.24, 2.45) is 0 Å². The lowest BCUT2D eigenvalue weighted by Crippen LogP contribution is -2.37. The molecule has 16 heavy (non-hydrogen) atoms. The van der Waals surface area contributed by atoms with E-state index in [9.17, 15) is 0 Å². The molecule has 0 spiro atoms. The van der Waals surface area contributed by atoms with Crippen molar-refractivity contribution in [3.63, 3.8) is 0 Å². The first-order valence-corrected chi connectivity index (χ1v) is 6.15. The summed E-state index contributed by atoms with van der Waals surface area (Å²) in [5.41, 5.74) is 2.54. The third kappa shape index (κ3) is 4.19. The lowest BCUT2D eigenvalue weighted by molar-refractivity contribution is 0.694. The van der Waals surface area contributed by atoms with Gasteiger partial charge in [0.2, 0.25) is 0 Å². The molecule has 0 heterocycles. The van der Waals surface area contributed by atoms with Crippen LogP contribution in [0, 0.1) is 6.92 Å². The Labute approximate surface area is 103 Å². The second kappa shape index (κ2) is 6.48. The van der Waals surface area contributed by atoms with Crippen LogP contribution in [-0.4, -0.2) is 11.7 Å². The third-order valence-corrected chi connectivity index (χ3v) is 2.72. The van der Waals surface area contributed by atoms with Gasteiger partial charge >= 0.3 is 0 Å². The SMILES string of the molecule is CCCNC(=S)NC(C)c1ccc(C)cc1. The summed E-state index contributed by atoms with van der Waals surface area (Å²) in [5, 5.41) is 7.17. The van der Waals surface area contributed by atoms with Crippen LogP contribution >= 0.6 is 12.2 Å². The molecule has 0 radical (unpaired) electrons. The Bertz CT molecular complexity index is 332. The van der Waals surface area contributed by atoms with Gasteiger partial charge in [0.1, 0.15) is 0 Å². The minimum absolute atomic E-state index is 0.248. The minimum atomic E-state index is 0.248. The first-order valence-electron chi connectivity index (χ1n) is 5.74. The van der Waals surface area contributed by atoms with Crippen LogP contribution in [0.5, 0.6) is 0 Å². The van der Waals surface area contributed by atoms with Crippen molar-refractivity contribution in [3.05, 3.63) is 35.4 Å². The monoisotopic (exact) mass is 236 g/mol. The largest absolute Gasteiger partial charge is 0.363 e. The molecule has 0 aromatic heterocycles. The molecule has 0 aliphatic heterocycles. The van der Waals surface area contributed by atoms with Gasteiger partial charge in [-0.25, -0.2) is 0 Å². The molecular weight excluding hydrogens is 216 g/mol. The molecule has 1 aromatic carbocycles. The fraction of sp³-hybridized carbons (Fsp3) is 0.462. The average molecular weight is 236 g/mol. The van der Waals surface area contributed by atoms with Gasteiger partial charge in [-0.1, -0.05) is 36.8 Å². The molecule has 3 heteroatoms. The van der Waals surface area contributed by atoms with Crippen LogP contribution in [0.3, 0.4) is 0 Å². The van der Waals surface area contributed by atoms with Gasteiger partial charge in [-0.15, -0.1) is 0 Å². The Morgan fingerprint density at radius 3 is 2.50 bits per heavy atom. The summed E-state index contributed by atoms with van der Waals surface area (Å²) in [4.78, 5) is 0. The van der Waals surface area contributed by atoms with E-state index in [1.54, 1.807) is 0 Å². The highest BCUT2D eigenvalue weighted by molar-refractivity contribution is 7.80. The second-order valence-electron chi connectivity index (χ2n) is 4.03. The van der Waals surface area contributed by atoms with Gasteiger partial charge in [0.05, 0.1) is 6.04 Å². The van der Waals surface area contributed by atoms with Crippen LogP contribution < -0.4 is 10.6 Å². The molecule has 1 rings (SSSR count). The Balaban J connectivity index is 2.48. The quantitative estimate of drug-likeness (QED) is 0.786. The predicted molar refractivity (Wildman–Crippen MR) is 73.6 cm³/mol. The Morgan fingerprint density at radius 2 is 1.94 bits per heavy atom. The van der Waals surface area contributed by atoms with E-state index in [1.165, 1.54) is 11.1 Å². The number of nitrogens with one attached hydrogen (secondary N) is 2. The van der Waals surface area contributed by atoms with Crippen LogP contribution in [0.4, 0.5) is 0 Å². The summed E-state index contributed by atoms with van der Waals surface area (Å²) in [6.07, 6.45) is 1.08. The lowest BCUT2D eigenvalue weighted by Gasteiger charge is -2.17. The van der Waals surface area contributed by atoms with E-state index in [0.29, 0.717) is 0 Å². The van der Waals surface area contributed by atoms with Crippen molar-refractivity contribution >= 4 is 17.3 Å². The molecule has 1 atom stereocenters. The zero-order valence-corrected chi connectivity index (χ0v) is 11.0. The molecule has 2 N–H and O–H groups in total. The highest BCUT2D eigenvalue weighted by Gasteiger charge is 2.05. The first kappa shape index (κ1) is 13.0. The topological polar surface area (TPSA) is 24.1 Å². The number of hydrogen-bond acceptors (Lipinski definition) is 1. The van der Waals surface area contributed by atoms with Gasteiger partial charge in [0, 0.05) is 6.54 Å². The van der Waals surface area contributed by atoms with E-state index >= 15 is 0 Å². The van der Waals surface area contributed by atoms with E-state index in [4.69, 9.17) is 12.2 Å². The minimum Gasteiger partial charge on any atom is -0.363 e. The molecule has 0 aliphatic rings. The summed E-state index contributed by atoms with van der Waals surface area (Å²) in [7, 11) is 0. The molecule has 0 bridgehead atoms. The summed E-state index contributed by atoms with van der Waals surface area (Å²) >= 11 is 5.20. The molecule has 0 amide bonds. The fourth-order valence-corrected chi connectivity index (χ4v) is 1.70. The summed E-state index contributed by atoms with van der Waals surface area (Å²) < 4.78 is 0. The van der Waals surface area contributed by atoms with Crippen molar-refractivity contribution in [2.45, 2.75) is 33.2 Å². The summed E-state index contributed by atoms with van der Waals surface area (Å²) in [6, 6.07) is 8.76. The maximum absolute atomic E-state index is 5.20. The standard InChI is InChI=1S/C13H20N2S/c1-4-9-14-13(16)15-11(3)12-7-5-10(2)6-8-12/h5-8,11H,4,9H2,1-3H3,(H2,14,15,16). The highest BCUT2D eigenvalue weighted by atomic mass is 32.1. The van der Waals surface area contributed by atoms with E-state index in [-0.39, 0.29) is 6.04 Å². The zero-order valence-electron chi connectivity index (χ0n) is 10.2. The van der Waals surface area contributed by atoms with Crippen LogP contribution in [0.25, 0.3) is 0 Å². The van der Waals surface area contributed by atoms with Crippen molar-refractivity contribution in [3.8, 4) is 0 Å². The van der Waals surface area contributed by atoms with E-state index in [1.807, 2.05) is 0 Å². The van der Waals surface area contributed by atoms with Gasteiger partial charge in [0.25, 0.3) is 0 Å². The maximum atomic E-state index is 5.20. The van der Waals surface area contributed by atoms with Crippen LogP contribution in [-0.2, 0) is 0 Å². The summed E-state index contributed by atoms with van der Waals surface area (Å²) in [5.74, 6) is 0. The normalized spacial score (nSPS) is 11.9. The smallest absolute Gasteiger partial charge is 0.166 e. The third-order valence-electron chi connectivity index (χ3n) is 2.46. The average Bonchev–Trinajstić information content (AvgIpc) is 2.27. The molecule has 1 aromatic rings. The number of thiocarbonyl (C=S) groups is 1. The fourth-order valence-electron chi connectivity index (χ4n) is 1.42. The zero-order chi connectivity index (χ0) is 12.0.